The first-order valence-corrected chi connectivity index (χ1v) is 2.85. The zero-order chi connectivity index (χ0) is 7.98. The van der Waals surface area contributed by atoms with Crippen molar-refractivity contribution in [1.29, 1.82) is 0 Å². The molecule has 0 aromatic rings. The van der Waals surface area contributed by atoms with Crippen LogP contribution in [0.3, 0.4) is 0 Å². The normalized spacial score (nSPS) is 8.90. The number of carbonyl (C=O) groups is 2. The van der Waals surface area contributed by atoms with Gasteiger partial charge >= 0.3 is 5.97 Å². The van der Waals surface area contributed by atoms with E-state index in [1.54, 1.807) is 0 Å². The summed E-state index contributed by atoms with van der Waals surface area (Å²) >= 11 is 0. The van der Waals surface area contributed by atoms with Crippen molar-refractivity contribution in [2.45, 2.75) is 6.42 Å². The highest BCUT2D eigenvalue weighted by Gasteiger charge is 2.04. The molecule has 0 aromatic carbocycles. The summed E-state index contributed by atoms with van der Waals surface area (Å²) in [5, 5.41) is 10.4. The van der Waals surface area contributed by atoms with E-state index in [1.807, 2.05) is 0 Å². The number of carboxylic acid groups (broad SMARTS) is 1. The van der Waals surface area contributed by atoms with E-state index in [1.165, 1.54) is 0 Å². The molecule has 0 fully saturated rings. The first kappa shape index (κ1) is 8.90. The van der Waals surface area contributed by atoms with Crippen LogP contribution in [0.25, 0.3) is 0 Å². The van der Waals surface area contributed by atoms with Gasteiger partial charge in [0.15, 0.2) is 0 Å². The number of aliphatic carboxylic acids is 1. The molecule has 58 valence electrons. The van der Waals surface area contributed by atoms with Crippen LogP contribution in [0.5, 0.6) is 0 Å². The molecule has 5 nitrogen and oxygen atoms in total. The molecule has 0 aliphatic heterocycles. The Morgan fingerprint density at radius 3 is 2.50 bits per heavy atom. The van der Waals surface area contributed by atoms with Crippen LogP contribution >= 0.6 is 0 Å². The first-order chi connectivity index (χ1) is 4.66. The lowest BCUT2D eigenvalue weighted by Crippen LogP contribution is -2.30. The third-order valence-corrected chi connectivity index (χ3v) is 0.778. The smallest absolute Gasteiger partial charge is 0.312 e. The lowest BCUT2D eigenvalue weighted by atomic mass is 10.4. The fraction of sp³-hybridized carbons (Fsp3) is 0.600. The molecule has 10 heavy (non-hydrogen) atoms. The molecular weight excluding hydrogens is 136 g/mol. The van der Waals surface area contributed by atoms with Gasteiger partial charge in [-0.15, -0.1) is 0 Å². The van der Waals surface area contributed by atoms with E-state index < -0.39 is 18.3 Å². The van der Waals surface area contributed by atoms with Gasteiger partial charge in [-0.1, -0.05) is 0 Å². The van der Waals surface area contributed by atoms with Gasteiger partial charge in [-0.05, 0) is 0 Å². The summed E-state index contributed by atoms with van der Waals surface area (Å²) in [6.07, 6.45) is -0.486. The second kappa shape index (κ2) is 4.75. The molecule has 0 aliphatic carbocycles. The van der Waals surface area contributed by atoms with E-state index in [9.17, 15) is 9.59 Å². The Hall–Kier alpha value is -1.10. The van der Waals surface area contributed by atoms with Crippen LogP contribution in [-0.2, 0) is 9.59 Å². The van der Waals surface area contributed by atoms with Crippen LogP contribution in [0.4, 0.5) is 0 Å². The van der Waals surface area contributed by atoms with Gasteiger partial charge in [-0.25, -0.2) is 0 Å². The summed E-state index contributed by atoms with van der Waals surface area (Å²) in [6, 6.07) is 0. The molecule has 5 heteroatoms. The molecule has 0 aromatic heterocycles. The highest BCUT2D eigenvalue weighted by atomic mass is 16.4. The van der Waals surface area contributed by atoms with E-state index in [-0.39, 0.29) is 0 Å². The van der Waals surface area contributed by atoms with Gasteiger partial charge in [0.1, 0.15) is 6.42 Å². The molecular formula is C5H10N2O3. The first-order valence-electron chi connectivity index (χ1n) is 2.85. The predicted octanol–water partition coefficient (Wildman–Crippen LogP) is -1.46. The third kappa shape index (κ3) is 5.04. The molecule has 0 spiro atoms. The van der Waals surface area contributed by atoms with E-state index in [0.29, 0.717) is 13.1 Å². The Kier molecular flexibility index (Phi) is 4.23. The summed E-state index contributed by atoms with van der Waals surface area (Å²) in [7, 11) is 0. The molecule has 0 saturated heterocycles. The van der Waals surface area contributed by atoms with Gasteiger partial charge in [-0.3, -0.25) is 9.59 Å². The lowest BCUT2D eigenvalue weighted by Gasteiger charge is -1.98. The number of carboxylic acids is 1. The quantitative estimate of drug-likeness (QED) is 0.422. The molecule has 0 aliphatic rings. The summed E-state index contributed by atoms with van der Waals surface area (Å²) in [4.78, 5) is 20.3. The van der Waals surface area contributed by atoms with Crippen LogP contribution in [0.1, 0.15) is 6.42 Å². The van der Waals surface area contributed by atoms with E-state index >= 15 is 0 Å². The third-order valence-electron chi connectivity index (χ3n) is 0.778. The number of hydrogen-bond donors (Lipinski definition) is 3. The van der Waals surface area contributed by atoms with Crippen molar-refractivity contribution < 1.29 is 14.7 Å². The van der Waals surface area contributed by atoms with Crippen molar-refractivity contribution in [3.05, 3.63) is 0 Å². The second-order valence-corrected chi connectivity index (χ2v) is 1.71. The van der Waals surface area contributed by atoms with Crippen molar-refractivity contribution in [2.75, 3.05) is 13.1 Å². The van der Waals surface area contributed by atoms with Crippen LogP contribution in [0.15, 0.2) is 0 Å². The monoisotopic (exact) mass is 146 g/mol. The minimum Gasteiger partial charge on any atom is -0.481 e. The van der Waals surface area contributed by atoms with Gasteiger partial charge in [0.05, 0.1) is 0 Å². The fourth-order valence-corrected chi connectivity index (χ4v) is 0.411. The Bertz CT molecular complexity index is 135. The summed E-state index contributed by atoms with van der Waals surface area (Å²) in [6.45, 7) is 0.650. The number of rotatable bonds is 4. The highest BCUT2D eigenvalue weighted by Crippen LogP contribution is 1.76. The predicted molar refractivity (Wildman–Crippen MR) is 34.3 cm³/mol. The van der Waals surface area contributed by atoms with Crippen molar-refractivity contribution >= 4 is 11.9 Å². The molecule has 0 heterocycles. The van der Waals surface area contributed by atoms with Crippen molar-refractivity contribution in [1.82, 2.24) is 5.32 Å². The van der Waals surface area contributed by atoms with Gasteiger partial charge < -0.3 is 16.2 Å². The Morgan fingerprint density at radius 1 is 1.50 bits per heavy atom. The minimum absolute atomic E-state index is 0.325. The maximum atomic E-state index is 10.5. The largest absolute Gasteiger partial charge is 0.481 e. The molecule has 4 N–H and O–H groups in total. The van der Waals surface area contributed by atoms with Crippen molar-refractivity contribution in [2.24, 2.45) is 5.73 Å². The lowest BCUT2D eigenvalue weighted by molar-refractivity contribution is -0.140. The Labute approximate surface area is 58.2 Å². The molecule has 0 unspecified atom stereocenters. The van der Waals surface area contributed by atoms with E-state index in [0.717, 1.165) is 0 Å². The summed E-state index contributed by atoms with van der Waals surface area (Å²) in [5.74, 6) is -1.63. The van der Waals surface area contributed by atoms with Crippen LogP contribution in [0.2, 0.25) is 0 Å². The Balaban J connectivity index is 3.35. The van der Waals surface area contributed by atoms with E-state index in [2.05, 4.69) is 5.32 Å². The number of hydrogen-bond acceptors (Lipinski definition) is 3. The number of nitrogens with two attached hydrogens (primary N) is 1. The standard InChI is InChI=1S/C5H10N2O3/c6-1-2-7-4(8)3-5(9)10/h1-3,6H2,(H,7,8)(H,9,10). The fourth-order valence-electron chi connectivity index (χ4n) is 0.411. The van der Waals surface area contributed by atoms with Gasteiger partial charge in [0, 0.05) is 13.1 Å². The van der Waals surface area contributed by atoms with Gasteiger partial charge in [0.25, 0.3) is 0 Å². The summed E-state index contributed by atoms with van der Waals surface area (Å²) < 4.78 is 0. The van der Waals surface area contributed by atoms with E-state index in [4.69, 9.17) is 10.8 Å². The average Bonchev–Trinajstić information content (AvgIpc) is 1.82. The Morgan fingerprint density at radius 2 is 2.10 bits per heavy atom. The SMILES string of the molecule is NCCNC(=O)CC(=O)O. The number of amides is 1. The molecule has 1 amide bonds. The molecule has 0 radical (unpaired) electrons. The summed E-state index contributed by atoms with van der Waals surface area (Å²) in [5.41, 5.74) is 5.05. The van der Waals surface area contributed by atoms with Gasteiger partial charge in [-0.2, -0.15) is 0 Å². The zero-order valence-corrected chi connectivity index (χ0v) is 5.46. The topological polar surface area (TPSA) is 92.4 Å². The van der Waals surface area contributed by atoms with Crippen LogP contribution in [-0.4, -0.2) is 30.1 Å². The van der Waals surface area contributed by atoms with Gasteiger partial charge in [0.2, 0.25) is 5.91 Å². The van der Waals surface area contributed by atoms with Crippen molar-refractivity contribution in [3.63, 3.8) is 0 Å². The molecule has 0 atom stereocenters. The number of carbonyl (C=O) groups excluding carboxylic acids is 1. The maximum absolute atomic E-state index is 10.5. The molecule has 0 saturated carbocycles. The molecule has 0 rings (SSSR count). The second-order valence-electron chi connectivity index (χ2n) is 1.71. The van der Waals surface area contributed by atoms with Crippen LogP contribution < -0.4 is 11.1 Å². The zero-order valence-electron chi connectivity index (χ0n) is 5.46. The highest BCUT2D eigenvalue weighted by molar-refractivity contribution is 5.93. The maximum Gasteiger partial charge on any atom is 0.312 e. The average molecular weight is 146 g/mol. The minimum atomic E-state index is -1.13. The van der Waals surface area contributed by atoms with Crippen molar-refractivity contribution in [3.8, 4) is 0 Å². The van der Waals surface area contributed by atoms with Crippen LogP contribution in [0, 0.1) is 0 Å². The number of nitrogens with one attached hydrogen (secondary N) is 1. The molecule has 0 bridgehead atoms.